The van der Waals surface area contributed by atoms with Gasteiger partial charge in [0.1, 0.15) is 6.17 Å². The largest absolute Gasteiger partial charge is 0.417 e. The second kappa shape index (κ2) is 9.23. The lowest BCUT2D eigenvalue weighted by atomic mass is 9.98. The zero-order chi connectivity index (χ0) is 22.8. The quantitative estimate of drug-likeness (QED) is 0.640. The molecule has 0 radical (unpaired) electrons. The van der Waals surface area contributed by atoms with E-state index in [1.165, 1.54) is 6.20 Å². The van der Waals surface area contributed by atoms with Gasteiger partial charge in [-0.3, -0.25) is 19.9 Å². The van der Waals surface area contributed by atoms with Gasteiger partial charge in [0, 0.05) is 47.9 Å². The van der Waals surface area contributed by atoms with Crippen LogP contribution in [0.2, 0.25) is 5.02 Å². The molecule has 166 valence electrons. The number of nitrogens with one attached hydrogen (secondary N) is 3. The normalized spacial score (nSPS) is 19.3. The van der Waals surface area contributed by atoms with E-state index in [2.05, 4.69) is 20.9 Å². The van der Waals surface area contributed by atoms with E-state index < -0.39 is 23.9 Å². The van der Waals surface area contributed by atoms with Gasteiger partial charge in [0.2, 0.25) is 11.8 Å². The number of carbonyl (C=O) groups excluding carboxylic acids is 2. The third kappa shape index (κ3) is 5.74. The van der Waals surface area contributed by atoms with E-state index in [0.29, 0.717) is 10.6 Å². The van der Waals surface area contributed by atoms with Crippen LogP contribution < -0.4 is 16.0 Å². The fourth-order valence-electron chi connectivity index (χ4n) is 3.21. The third-order valence-corrected chi connectivity index (χ3v) is 5.26. The highest BCUT2D eigenvalue weighted by Gasteiger charge is 2.34. The first kappa shape index (κ1) is 23.0. The highest BCUT2D eigenvalue weighted by Crippen LogP contribution is 2.33. The topological polar surface area (TPSA) is 83.1 Å². The molecule has 1 aliphatic rings. The number of benzene rings is 1. The van der Waals surface area contributed by atoms with Crippen molar-refractivity contribution in [3.05, 3.63) is 63.9 Å². The summed E-state index contributed by atoms with van der Waals surface area (Å²) in [6, 6.07) is 5.46. The predicted octanol–water partition coefficient (Wildman–Crippen LogP) is 3.88. The molecule has 1 aromatic heterocycles. The fourth-order valence-corrected chi connectivity index (χ4v) is 3.44. The van der Waals surface area contributed by atoms with E-state index in [9.17, 15) is 22.8 Å². The highest BCUT2D eigenvalue weighted by molar-refractivity contribution is 6.31. The van der Waals surface area contributed by atoms with E-state index >= 15 is 0 Å². The number of rotatable bonds is 5. The molecule has 3 N–H and O–H groups in total. The van der Waals surface area contributed by atoms with Crippen molar-refractivity contribution in [3.8, 4) is 0 Å². The van der Waals surface area contributed by atoms with Crippen molar-refractivity contribution in [2.75, 3.05) is 0 Å². The molecule has 6 nitrogen and oxygen atoms in total. The Hall–Kier alpha value is -2.65. The van der Waals surface area contributed by atoms with E-state index in [1.807, 2.05) is 0 Å². The first-order valence-corrected chi connectivity index (χ1v) is 10.1. The maximum absolute atomic E-state index is 13.0. The van der Waals surface area contributed by atoms with Crippen molar-refractivity contribution >= 4 is 23.4 Å². The van der Waals surface area contributed by atoms with E-state index in [-0.39, 0.29) is 36.3 Å². The van der Waals surface area contributed by atoms with Gasteiger partial charge in [-0.2, -0.15) is 13.2 Å². The Bertz CT molecular complexity index is 981. The number of nitrogens with zero attached hydrogens (tertiary/aromatic N) is 1. The smallest absolute Gasteiger partial charge is 0.352 e. The number of halogens is 4. The molecule has 2 amide bonds. The Balaban J connectivity index is 1.82. The van der Waals surface area contributed by atoms with Crippen molar-refractivity contribution in [1.82, 2.24) is 20.9 Å². The number of hydrogen-bond acceptors (Lipinski definition) is 4. The molecule has 1 aromatic carbocycles. The van der Waals surface area contributed by atoms with Crippen LogP contribution in [0.3, 0.4) is 0 Å². The second-order valence-electron chi connectivity index (χ2n) is 7.66. The summed E-state index contributed by atoms with van der Waals surface area (Å²) in [7, 11) is 0. The molecule has 3 rings (SSSR count). The Morgan fingerprint density at radius 2 is 2.03 bits per heavy atom. The molecule has 1 aliphatic heterocycles. The van der Waals surface area contributed by atoms with Crippen LogP contribution in [-0.2, 0) is 22.3 Å². The molecule has 2 atom stereocenters. The molecule has 0 bridgehead atoms. The van der Waals surface area contributed by atoms with Crippen molar-refractivity contribution < 1.29 is 22.8 Å². The fraction of sp³-hybridized carbons (Fsp3) is 0.381. The maximum Gasteiger partial charge on any atom is 0.417 e. The summed E-state index contributed by atoms with van der Waals surface area (Å²) in [6.07, 6.45) is -3.23. The summed E-state index contributed by atoms with van der Waals surface area (Å²) in [5.41, 5.74) is 0.699. The summed E-state index contributed by atoms with van der Waals surface area (Å²) in [6.45, 7) is 3.85. The van der Waals surface area contributed by atoms with Crippen molar-refractivity contribution in [1.29, 1.82) is 0 Å². The third-order valence-electron chi connectivity index (χ3n) is 4.91. The van der Waals surface area contributed by atoms with Crippen molar-refractivity contribution in [2.45, 2.75) is 45.2 Å². The molecule has 2 heterocycles. The lowest BCUT2D eigenvalue weighted by Gasteiger charge is -2.33. The Kier molecular flexibility index (Phi) is 6.86. The van der Waals surface area contributed by atoms with Gasteiger partial charge >= 0.3 is 6.18 Å². The number of amides is 2. The zero-order valence-corrected chi connectivity index (χ0v) is 17.6. The van der Waals surface area contributed by atoms with E-state index in [1.54, 1.807) is 32.0 Å². The summed E-state index contributed by atoms with van der Waals surface area (Å²) in [5.74, 6) is -0.591. The van der Waals surface area contributed by atoms with Crippen molar-refractivity contribution in [2.24, 2.45) is 5.92 Å². The number of pyridine rings is 1. The lowest BCUT2D eigenvalue weighted by molar-refractivity contribution is -0.137. The SMILES string of the molecule is CC(C)C(=O)NCc1ccc(Cl)c(C2NC(=O)CC(c3cncc(C(F)(F)F)c3)N2)c1. The second-order valence-corrected chi connectivity index (χ2v) is 8.06. The minimum atomic E-state index is -4.53. The monoisotopic (exact) mass is 454 g/mol. The number of hydrogen-bond donors (Lipinski definition) is 3. The van der Waals surface area contributed by atoms with Gasteiger partial charge < -0.3 is 10.6 Å². The standard InChI is InChI=1S/C21H22ClF3N4O2/c1-11(2)20(31)27-8-12-3-4-16(22)15(5-12)19-28-17(7-18(30)29-19)13-6-14(10-26-9-13)21(23,24)25/h3-6,9-11,17,19,28H,7-8H2,1-2H3,(H,27,31)(H,29,30). The van der Waals surface area contributed by atoms with Crippen LogP contribution in [0.25, 0.3) is 0 Å². The molecule has 2 unspecified atom stereocenters. The molecular formula is C21H22ClF3N4O2. The molecule has 0 spiro atoms. The van der Waals surface area contributed by atoms with E-state index in [4.69, 9.17) is 11.6 Å². The highest BCUT2D eigenvalue weighted by atomic mass is 35.5. The minimum absolute atomic E-state index is 0.0404. The average Bonchev–Trinajstić information content (AvgIpc) is 2.71. The van der Waals surface area contributed by atoms with Crippen LogP contribution >= 0.6 is 11.6 Å². The molecule has 31 heavy (non-hydrogen) atoms. The zero-order valence-electron chi connectivity index (χ0n) is 16.9. The van der Waals surface area contributed by atoms with Crippen LogP contribution in [-0.4, -0.2) is 16.8 Å². The van der Waals surface area contributed by atoms with Gasteiger partial charge in [0.15, 0.2) is 0 Å². The van der Waals surface area contributed by atoms with Crippen LogP contribution in [0.5, 0.6) is 0 Å². The summed E-state index contributed by atoms with van der Waals surface area (Å²) >= 11 is 6.33. The summed E-state index contributed by atoms with van der Waals surface area (Å²) in [5, 5.41) is 9.08. The summed E-state index contributed by atoms with van der Waals surface area (Å²) < 4.78 is 39.1. The molecule has 10 heteroatoms. The van der Waals surface area contributed by atoms with Crippen LogP contribution in [0.15, 0.2) is 36.7 Å². The molecule has 2 aromatic rings. The van der Waals surface area contributed by atoms with Crippen LogP contribution in [0.1, 0.15) is 54.7 Å². The van der Waals surface area contributed by atoms with Gasteiger partial charge in [-0.05, 0) is 29.3 Å². The first-order chi connectivity index (χ1) is 14.5. The summed E-state index contributed by atoms with van der Waals surface area (Å²) in [4.78, 5) is 27.8. The molecular weight excluding hydrogens is 433 g/mol. The van der Waals surface area contributed by atoms with Gasteiger partial charge in [0.05, 0.1) is 5.56 Å². The van der Waals surface area contributed by atoms with Gasteiger partial charge in [0.25, 0.3) is 0 Å². The first-order valence-electron chi connectivity index (χ1n) is 9.68. The molecule has 1 fully saturated rings. The van der Waals surface area contributed by atoms with Gasteiger partial charge in [-0.15, -0.1) is 0 Å². The lowest BCUT2D eigenvalue weighted by Crippen LogP contribution is -2.46. The van der Waals surface area contributed by atoms with Gasteiger partial charge in [-0.25, -0.2) is 0 Å². The number of aromatic nitrogens is 1. The van der Waals surface area contributed by atoms with E-state index in [0.717, 1.165) is 17.8 Å². The minimum Gasteiger partial charge on any atom is -0.352 e. The van der Waals surface area contributed by atoms with Crippen LogP contribution in [0, 0.1) is 5.92 Å². The number of carbonyl (C=O) groups is 2. The van der Waals surface area contributed by atoms with Crippen molar-refractivity contribution in [3.63, 3.8) is 0 Å². The molecule has 0 aliphatic carbocycles. The predicted molar refractivity (Wildman–Crippen MR) is 109 cm³/mol. The molecule has 1 saturated heterocycles. The average molecular weight is 455 g/mol. The molecule has 0 saturated carbocycles. The Labute approximate surface area is 182 Å². The Morgan fingerprint density at radius 1 is 1.29 bits per heavy atom. The van der Waals surface area contributed by atoms with Gasteiger partial charge in [-0.1, -0.05) is 31.5 Å². The Morgan fingerprint density at radius 3 is 2.71 bits per heavy atom. The number of alkyl halides is 3. The van der Waals surface area contributed by atoms with Crippen LogP contribution in [0.4, 0.5) is 13.2 Å². The maximum atomic E-state index is 13.0.